The zero-order chi connectivity index (χ0) is 9.40. The maximum Gasteiger partial charge on any atom is 0.135 e. The van der Waals surface area contributed by atoms with E-state index in [0.717, 1.165) is 25.7 Å². The van der Waals surface area contributed by atoms with Crippen molar-refractivity contribution in [3.63, 3.8) is 0 Å². The first-order valence-electron chi connectivity index (χ1n) is 4.90. The van der Waals surface area contributed by atoms with Crippen LogP contribution in [-0.2, 0) is 4.79 Å². The molecule has 1 atom stereocenters. The van der Waals surface area contributed by atoms with Crippen molar-refractivity contribution in [3.8, 4) is 0 Å². The molecule has 0 saturated carbocycles. The van der Waals surface area contributed by atoms with Crippen molar-refractivity contribution >= 4 is 5.78 Å². The minimum Gasteiger partial charge on any atom is -0.393 e. The van der Waals surface area contributed by atoms with Gasteiger partial charge in [-0.05, 0) is 6.42 Å². The fourth-order valence-electron chi connectivity index (χ4n) is 1.14. The second kappa shape index (κ2) is 7.29. The van der Waals surface area contributed by atoms with Crippen LogP contribution in [0.3, 0.4) is 0 Å². The van der Waals surface area contributed by atoms with Gasteiger partial charge in [-0.3, -0.25) is 4.79 Å². The molecule has 0 aliphatic rings. The lowest BCUT2D eigenvalue weighted by Gasteiger charge is -2.07. The molecule has 72 valence electrons. The van der Waals surface area contributed by atoms with Crippen LogP contribution in [0.25, 0.3) is 0 Å². The quantitative estimate of drug-likeness (QED) is 0.598. The number of Topliss-reactive ketones (excluding diaryl/α,β-unsaturated/α-hetero) is 1. The minimum absolute atomic E-state index is 0.166. The van der Waals surface area contributed by atoms with Crippen molar-refractivity contribution in [1.29, 1.82) is 0 Å². The molecule has 0 aliphatic heterocycles. The van der Waals surface area contributed by atoms with E-state index in [2.05, 4.69) is 6.92 Å². The van der Waals surface area contributed by atoms with Gasteiger partial charge in [-0.25, -0.2) is 0 Å². The summed E-state index contributed by atoms with van der Waals surface area (Å²) in [5, 5.41) is 9.36. The van der Waals surface area contributed by atoms with Crippen LogP contribution in [0, 0.1) is 0 Å². The molecule has 1 N–H and O–H groups in total. The van der Waals surface area contributed by atoms with Crippen LogP contribution in [0.1, 0.15) is 52.4 Å². The molecule has 0 aromatic rings. The Kier molecular flexibility index (Phi) is 7.06. The summed E-state index contributed by atoms with van der Waals surface area (Å²) in [5.74, 6) is 0.166. The normalized spacial score (nSPS) is 12.9. The molecule has 0 fully saturated rings. The largest absolute Gasteiger partial charge is 0.393 e. The SMILES string of the molecule is CCCCC[C@H](O)CC(=O)CC. The molecule has 12 heavy (non-hydrogen) atoms. The Labute approximate surface area is 75.0 Å². The smallest absolute Gasteiger partial charge is 0.135 e. The van der Waals surface area contributed by atoms with Crippen LogP contribution < -0.4 is 0 Å². The number of aliphatic hydroxyl groups is 1. The molecule has 0 heterocycles. The van der Waals surface area contributed by atoms with E-state index in [1.807, 2.05) is 6.92 Å². The highest BCUT2D eigenvalue weighted by atomic mass is 16.3. The molecule has 0 amide bonds. The van der Waals surface area contributed by atoms with E-state index in [9.17, 15) is 9.90 Å². The first kappa shape index (κ1) is 11.6. The zero-order valence-corrected chi connectivity index (χ0v) is 8.18. The average molecular weight is 172 g/mol. The van der Waals surface area contributed by atoms with Crippen molar-refractivity contribution in [2.24, 2.45) is 0 Å². The molecule has 0 bridgehead atoms. The van der Waals surface area contributed by atoms with E-state index in [1.54, 1.807) is 0 Å². The van der Waals surface area contributed by atoms with Gasteiger partial charge in [0.1, 0.15) is 5.78 Å². The molecule has 2 heteroatoms. The molecular formula is C10H20O2. The summed E-state index contributed by atoms with van der Waals surface area (Å²) < 4.78 is 0. The highest BCUT2D eigenvalue weighted by Gasteiger charge is 2.07. The fourth-order valence-corrected chi connectivity index (χ4v) is 1.14. The van der Waals surface area contributed by atoms with E-state index < -0.39 is 6.10 Å². The Bertz CT molecular complexity index is 121. The van der Waals surface area contributed by atoms with Crippen LogP contribution in [0.15, 0.2) is 0 Å². The highest BCUT2D eigenvalue weighted by molar-refractivity contribution is 5.78. The lowest BCUT2D eigenvalue weighted by atomic mass is 10.1. The monoisotopic (exact) mass is 172 g/mol. The third-order valence-corrected chi connectivity index (χ3v) is 2.00. The number of carbonyl (C=O) groups is 1. The molecule has 2 nitrogen and oxygen atoms in total. The van der Waals surface area contributed by atoms with Gasteiger partial charge in [0.2, 0.25) is 0 Å². The maximum atomic E-state index is 10.9. The highest BCUT2D eigenvalue weighted by Crippen LogP contribution is 2.07. The molecule has 0 radical (unpaired) electrons. The van der Waals surface area contributed by atoms with Crippen molar-refractivity contribution in [2.45, 2.75) is 58.5 Å². The van der Waals surface area contributed by atoms with Crippen molar-refractivity contribution < 1.29 is 9.90 Å². The number of hydrogen-bond donors (Lipinski definition) is 1. The van der Waals surface area contributed by atoms with Crippen LogP contribution in [0.5, 0.6) is 0 Å². The lowest BCUT2D eigenvalue weighted by Crippen LogP contribution is -2.12. The van der Waals surface area contributed by atoms with Gasteiger partial charge in [-0.15, -0.1) is 0 Å². The van der Waals surface area contributed by atoms with Gasteiger partial charge in [0.25, 0.3) is 0 Å². The Morgan fingerprint density at radius 2 is 2.00 bits per heavy atom. The molecular weight excluding hydrogens is 152 g/mol. The second-order valence-electron chi connectivity index (χ2n) is 3.25. The lowest BCUT2D eigenvalue weighted by molar-refractivity contribution is -0.120. The molecule has 0 saturated heterocycles. The Balaban J connectivity index is 3.32. The zero-order valence-electron chi connectivity index (χ0n) is 8.18. The Morgan fingerprint density at radius 3 is 2.50 bits per heavy atom. The molecule has 0 aromatic carbocycles. The van der Waals surface area contributed by atoms with Crippen molar-refractivity contribution in [3.05, 3.63) is 0 Å². The van der Waals surface area contributed by atoms with E-state index in [-0.39, 0.29) is 5.78 Å². The summed E-state index contributed by atoms with van der Waals surface area (Å²) in [6, 6.07) is 0. The summed E-state index contributed by atoms with van der Waals surface area (Å²) in [6.07, 6.45) is 4.62. The van der Waals surface area contributed by atoms with E-state index in [1.165, 1.54) is 0 Å². The van der Waals surface area contributed by atoms with Gasteiger partial charge in [0, 0.05) is 12.8 Å². The predicted octanol–water partition coefficient (Wildman–Crippen LogP) is 2.30. The molecule has 0 spiro atoms. The third-order valence-electron chi connectivity index (χ3n) is 2.00. The summed E-state index contributed by atoms with van der Waals surface area (Å²) in [7, 11) is 0. The number of unbranched alkanes of at least 4 members (excludes halogenated alkanes) is 2. The average Bonchev–Trinajstić information content (AvgIpc) is 2.05. The summed E-state index contributed by atoms with van der Waals surface area (Å²) in [4.78, 5) is 10.9. The van der Waals surface area contributed by atoms with Crippen LogP contribution in [0.4, 0.5) is 0 Å². The summed E-state index contributed by atoms with van der Waals surface area (Å²) in [6.45, 7) is 3.96. The van der Waals surface area contributed by atoms with E-state index in [0.29, 0.717) is 12.8 Å². The number of carbonyl (C=O) groups excluding carboxylic acids is 1. The first-order chi connectivity index (χ1) is 5.70. The number of ketones is 1. The van der Waals surface area contributed by atoms with Crippen molar-refractivity contribution in [2.75, 3.05) is 0 Å². The third kappa shape index (κ3) is 6.35. The van der Waals surface area contributed by atoms with Crippen LogP contribution >= 0.6 is 0 Å². The molecule has 0 rings (SSSR count). The van der Waals surface area contributed by atoms with Gasteiger partial charge in [-0.1, -0.05) is 33.1 Å². The van der Waals surface area contributed by atoms with Gasteiger partial charge in [0.15, 0.2) is 0 Å². The minimum atomic E-state index is -0.399. The van der Waals surface area contributed by atoms with E-state index in [4.69, 9.17) is 0 Å². The number of hydrogen-bond acceptors (Lipinski definition) is 2. The molecule has 0 aromatic heterocycles. The Hall–Kier alpha value is -0.370. The van der Waals surface area contributed by atoms with Gasteiger partial charge < -0.3 is 5.11 Å². The molecule has 0 unspecified atom stereocenters. The number of rotatable bonds is 7. The standard InChI is InChI=1S/C10H20O2/c1-3-5-6-7-10(12)8-9(11)4-2/h10,12H,3-8H2,1-2H3/t10-/m0/s1. The van der Waals surface area contributed by atoms with Crippen molar-refractivity contribution in [1.82, 2.24) is 0 Å². The summed E-state index contributed by atoms with van der Waals surface area (Å²) in [5.41, 5.74) is 0. The second-order valence-corrected chi connectivity index (χ2v) is 3.25. The van der Waals surface area contributed by atoms with E-state index >= 15 is 0 Å². The van der Waals surface area contributed by atoms with Gasteiger partial charge in [-0.2, -0.15) is 0 Å². The van der Waals surface area contributed by atoms with Crippen LogP contribution in [0.2, 0.25) is 0 Å². The topological polar surface area (TPSA) is 37.3 Å². The fraction of sp³-hybridized carbons (Fsp3) is 0.900. The van der Waals surface area contributed by atoms with Crippen LogP contribution in [-0.4, -0.2) is 17.0 Å². The van der Waals surface area contributed by atoms with Gasteiger partial charge >= 0.3 is 0 Å². The summed E-state index contributed by atoms with van der Waals surface area (Å²) >= 11 is 0. The molecule has 0 aliphatic carbocycles. The first-order valence-corrected chi connectivity index (χ1v) is 4.90. The maximum absolute atomic E-state index is 10.9. The van der Waals surface area contributed by atoms with Gasteiger partial charge in [0.05, 0.1) is 6.10 Å². The number of aliphatic hydroxyl groups excluding tert-OH is 1. The predicted molar refractivity (Wildman–Crippen MR) is 50.1 cm³/mol. The Morgan fingerprint density at radius 1 is 1.33 bits per heavy atom.